The van der Waals surface area contributed by atoms with Gasteiger partial charge in [-0.3, -0.25) is 4.79 Å². The lowest BCUT2D eigenvalue weighted by Crippen LogP contribution is -2.23. The van der Waals surface area contributed by atoms with E-state index in [4.69, 9.17) is 4.74 Å². The molecule has 0 radical (unpaired) electrons. The summed E-state index contributed by atoms with van der Waals surface area (Å²) in [5.41, 5.74) is 0.438. The van der Waals surface area contributed by atoms with Gasteiger partial charge >= 0.3 is 0 Å². The van der Waals surface area contributed by atoms with E-state index in [1.54, 1.807) is 42.5 Å². The van der Waals surface area contributed by atoms with E-state index in [2.05, 4.69) is 5.32 Å². The monoisotopic (exact) mass is 305 g/mol. The Morgan fingerprint density at radius 2 is 1.67 bits per heavy atom. The van der Waals surface area contributed by atoms with Crippen molar-refractivity contribution in [3.8, 4) is 5.75 Å². The summed E-state index contributed by atoms with van der Waals surface area (Å²) in [5, 5.41) is 2.54. The molecular weight excluding hydrogens is 290 g/mol. The molecule has 0 saturated heterocycles. The number of carbonyl (C=O) groups excluding carboxylic acids is 1. The van der Waals surface area contributed by atoms with Gasteiger partial charge < -0.3 is 10.1 Å². The summed E-state index contributed by atoms with van der Waals surface area (Å²) in [5.74, 6) is -0.749. The molecule has 1 amide bonds. The minimum Gasteiger partial charge on any atom is -0.495 e. The molecule has 110 valence electrons. The van der Waals surface area contributed by atoms with Crippen LogP contribution in [0.1, 0.15) is 0 Å². The van der Waals surface area contributed by atoms with Crippen LogP contribution in [0.3, 0.4) is 0 Å². The molecule has 0 saturated carbocycles. The fourth-order valence-electron chi connectivity index (χ4n) is 1.82. The molecule has 1 N–H and O–H groups in total. The molecule has 0 fully saturated rings. The predicted molar refractivity (Wildman–Crippen MR) is 80.1 cm³/mol. The average Bonchev–Trinajstić information content (AvgIpc) is 2.48. The van der Waals surface area contributed by atoms with E-state index >= 15 is 0 Å². The molecule has 0 aliphatic rings. The van der Waals surface area contributed by atoms with E-state index < -0.39 is 21.5 Å². The first-order chi connectivity index (χ1) is 10.0. The van der Waals surface area contributed by atoms with Crippen molar-refractivity contribution in [1.82, 2.24) is 0 Å². The van der Waals surface area contributed by atoms with Gasteiger partial charge in [0.05, 0.1) is 17.7 Å². The summed E-state index contributed by atoms with van der Waals surface area (Å²) < 4.78 is 29.3. The summed E-state index contributed by atoms with van der Waals surface area (Å²) in [7, 11) is -2.17. The van der Waals surface area contributed by atoms with Gasteiger partial charge in [0.25, 0.3) is 0 Å². The average molecular weight is 305 g/mol. The van der Waals surface area contributed by atoms with Gasteiger partial charge in [0.1, 0.15) is 11.5 Å². The van der Waals surface area contributed by atoms with Crippen LogP contribution in [0.2, 0.25) is 0 Å². The molecule has 0 unspecified atom stereocenters. The number of para-hydroxylation sites is 2. The van der Waals surface area contributed by atoms with Crippen LogP contribution in [0.4, 0.5) is 5.69 Å². The Morgan fingerprint density at radius 1 is 1.05 bits per heavy atom. The molecule has 0 heterocycles. The van der Waals surface area contributed by atoms with Gasteiger partial charge in [0, 0.05) is 0 Å². The maximum Gasteiger partial charge on any atom is 0.240 e. The number of sulfone groups is 1. The van der Waals surface area contributed by atoms with Crippen molar-refractivity contribution >= 4 is 21.4 Å². The SMILES string of the molecule is COc1ccccc1NC(=O)CS(=O)(=O)c1ccccc1. The number of methoxy groups -OCH3 is 1. The molecule has 2 aromatic rings. The molecule has 0 bridgehead atoms. The summed E-state index contributed by atoms with van der Waals surface area (Å²) in [6.45, 7) is 0. The fraction of sp³-hybridized carbons (Fsp3) is 0.133. The number of benzene rings is 2. The van der Waals surface area contributed by atoms with Gasteiger partial charge in [-0.25, -0.2) is 8.42 Å². The Hall–Kier alpha value is -2.34. The van der Waals surface area contributed by atoms with Crippen LogP contribution in [0, 0.1) is 0 Å². The Labute approximate surface area is 123 Å². The van der Waals surface area contributed by atoms with Crippen LogP contribution in [0.5, 0.6) is 5.75 Å². The number of carbonyl (C=O) groups is 1. The van der Waals surface area contributed by atoms with E-state index in [-0.39, 0.29) is 4.90 Å². The predicted octanol–water partition coefficient (Wildman–Crippen LogP) is 2.11. The number of rotatable bonds is 5. The van der Waals surface area contributed by atoms with Crippen LogP contribution < -0.4 is 10.1 Å². The zero-order valence-corrected chi connectivity index (χ0v) is 12.3. The van der Waals surface area contributed by atoms with Crippen LogP contribution in [0.25, 0.3) is 0 Å². The number of ether oxygens (including phenoxy) is 1. The normalized spacial score (nSPS) is 10.9. The highest BCUT2D eigenvalue weighted by molar-refractivity contribution is 7.92. The van der Waals surface area contributed by atoms with Crippen molar-refractivity contribution in [2.75, 3.05) is 18.2 Å². The first-order valence-corrected chi connectivity index (χ1v) is 7.89. The fourth-order valence-corrected chi connectivity index (χ4v) is 2.97. The van der Waals surface area contributed by atoms with Crippen molar-refractivity contribution in [1.29, 1.82) is 0 Å². The highest BCUT2D eigenvalue weighted by Crippen LogP contribution is 2.23. The Bertz CT molecular complexity index is 726. The zero-order chi connectivity index (χ0) is 15.3. The number of amides is 1. The summed E-state index contributed by atoms with van der Waals surface area (Å²) in [6.07, 6.45) is 0. The second-order valence-corrected chi connectivity index (χ2v) is 6.31. The largest absolute Gasteiger partial charge is 0.495 e. The second kappa shape index (κ2) is 6.41. The van der Waals surface area contributed by atoms with Gasteiger partial charge in [-0.2, -0.15) is 0 Å². The van der Waals surface area contributed by atoms with Crippen molar-refractivity contribution in [3.63, 3.8) is 0 Å². The van der Waals surface area contributed by atoms with E-state index in [9.17, 15) is 13.2 Å². The van der Waals surface area contributed by atoms with Gasteiger partial charge in [0.2, 0.25) is 5.91 Å². The van der Waals surface area contributed by atoms with Gasteiger partial charge in [-0.05, 0) is 24.3 Å². The molecule has 5 nitrogen and oxygen atoms in total. The van der Waals surface area contributed by atoms with Crippen LogP contribution in [-0.4, -0.2) is 27.2 Å². The topological polar surface area (TPSA) is 72.5 Å². The summed E-state index contributed by atoms with van der Waals surface area (Å²) >= 11 is 0. The highest BCUT2D eigenvalue weighted by Gasteiger charge is 2.19. The maximum absolute atomic E-state index is 12.1. The molecule has 2 rings (SSSR count). The van der Waals surface area contributed by atoms with E-state index in [0.29, 0.717) is 11.4 Å². The minimum absolute atomic E-state index is 0.125. The zero-order valence-electron chi connectivity index (χ0n) is 11.4. The third-order valence-electron chi connectivity index (χ3n) is 2.80. The van der Waals surface area contributed by atoms with Crippen molar-refractivity contribution < 1.29 is 17.9 Å². The number of hydrogen-bond acceptors (Lipinski definition) is 4. The Balaban J connectivity index is 2.12. The van der Waals surface area contributed by atoms with E-state index in [1.807, 2.05) is 0 Å². The first kappa shape index (κ1) is 15.1. The van der Waals surface area contributed by atoms with Crippen LogP contribution >= 0.6 is 0 Å². The third-order valence-corrected chi connectivity index (χ3v) is 4.44. The van der Waals surface area contributed by atoms with Crippen LogP contribution in [0.15, 0.2) is 59.5 Å². The molecule has 6 heteroatoms. The second-order valence-electron chi connectivity index (χ2n) is 4.32. The Morgan fingerprint density at radius 3 is 2.33 bits per heavy atom. The van der Waals surface area contributed by atoms with E-state index in [0.717, 1.165) is 0 Å². The van der Waals surface area contributed by atoms with Crippen molar-refractivity contribution in [3.05, 3.63) is 54.6 Å². The molecule has 0 aliphatic heterocycles. The third kappa shape index (κ3) is 3.82. The first-order valence-electron chi connectivity index (χ1n) is 6.23. The van der Waals surface area contributed by atoms with Crippen molar-refractivity contribution in [2.24, 2.45) is 0 Å². The molecule has 0 aromatic heterocycles. The summed E-state index contributed by atoms with van der Waals surface area (Å²) in [4.78, 5) is 12.0. The smallest absolute Gasteiger partial charge is 0.240 e. The molecule has 2 aromatic carbocycles. The van der Waals surface area contributed by atoms with Gasteiger partial charge in [-0.1, -0.05) is 30.3 Å². The quantitative estimate of drug-likeness (QED) is 0.918. The van der Waals surface area contributed by atoms with E-state index in [1.165, 1.54) is 19.2 Å². The lowest BCUT2D eigenvalue weighted by atomic mass is 10.3. The highest BCUT2D eigenvalue weighted by atomic mass is 32.2. The number of anilines is 1. The molecule has 0 spiro atoms. The number of nitrogens with one attached hydrogen (secondary N) is 1. The van der Waals surface area contributed by atoms with Gasteiger partial charge in [-0.15, -0.1) is 0 Å². The molecule has 0 atom stereocenters. The standard InChI is InChI=1S/C15H15NO4S/c1-20-14-10-6-5-9-13(14)16-15(17)11-21(18,19)12-7-3-2-4-8-12/h2-10H,11H2,1H3,(H,16,17). The maximum atomic E-state index is 12.1. The summed E-state index contributed by atoms with van der Waals surface area (Å²) in [6, 6.07) is 14.7. The Kier molecular flexibility index (Phi) is 4.59. The van der Waals surface area contributed by atoms with Gasteiger partial charge in [0.15, 0.2) is 9.84 Å². The molecule has 21 heavy (non-hydrogen) atoms. The number of hydrogen-bond donors (Lipinski definition) is 1. The lowest BCUT2D eigenvalue weighted by molar-refractivity contribution is -0.113. The minimum atomic E-state index is -3.65. The van der Waals surface area contributed by atoms with Crippen LogP contribution in [-0.2, 0) is 14.6 Å². The molecule has 0 aliphatic carbocycles. The lowest BCUT2D eigenvalue weighted by Gasteiger charge is -2.10. The molecular formula is C15H15NO4S. The van der Waals surface area contributed by atoms with Crippen molar-refractivity contribution in [2.45, 2.75) is 4.90 Å².